The highest BCUT2D eigenvalue weighted by Gasteiger charge is 2.38. The third-order valence-corrected chi connectivity index (χ3v) is 3.29. The molecule has 0 aliphatic carbocycles. The predicted molar refractivity (Wildman–Crippen MR) is 83.5 cm³/mol. The number of anilines is 1. The molecule has 2 aromatic rings. The molecule has 2 amide bonds. The number of aryl methyl sites for hydroxylation is 1. The van der Waals surface area contributed by atoms with Crippen LogP contribution in [0.25, 0.3) is 0 Å². The van der Waals surface area contributed by atoms with E-state index in [1.165, 1.54) is 18.2 Å². The van der Waals surface area contributed by atoms with Crippen molar-refractivity contribution in [3.8, 4) is 0 Å². The number of hydrogen-bond donors (Lipinski definition) is 2. The van der Waals surface area contributed by atoms with Crippen molar-refractivity contribution in [3.63, 3.8) is 0 Å². The van der Waals surface area contributed by atoms with Crippen molar-refractivity contribution in [2.75, 3.05) is 5.32 Å². The smallest absolute Gasteiger partial charge is 0.348 e. The van der Waals surface area contributed by atoms with E-state index in [1.54, 1.807) is 23.5 Å². The molecular formula is C17H15F3N2O2. The Hall–Kier alpha value is -2.83. The second kappa shape index (κ2) is 7.16. The number of carbonyl (C=O) groups is 2. The Morgan fingerprint density at radius 1 is 1.04 bits per heavy atom. The van der Waals surface area contributed by atoms with Gasteiger partial charge in [0.2, 0.25) is 0 Å². The zero-order chi connectivity index (χ0) is 17.7. The topological polar surface area (TPSA) is 58.2 Å². The van der Waals surface area contributed by atoms with Gasteiger partial charge in [0.25, 0.3) is 5.91 Å². The Morgan fingerprint density at radius 3 is 2.42 bits per heavy atom. The summed E-state index contributed by atoms with van der Waals surface area (Å²) in [4.78, 5) is 23.0. The second-order valence-corrected chi connectivity index (χ2v) is 5.15. The molecule has 0 bridgehead atoms. The Morgan fingerprint density at radius 2 is 1.75 bits per heavy atom. The summed E-state index contributed by atoms with van der Waals surface area (Å²) in [5, 5.41) is 4.47. The monoisotopic (exact) mass is 336 g/mol. The zero-order valence-electron chi connectivity index (χ0n) is 12.8. The van der Waals surface area contributed by atoms with Crippen molar-refractivity contribution in [3.05, 3.63) is 65.2 Å². The van der Waals surface area contributed by atoms with E-state index in [2.05, 4.69) is 5.32 Å². The van der Waals surface area contributed by atoms with Crippen LogP contribution in [0, 0.1) is 6.92 Å². The van der Waals surface area contributed by atoms with Gasteiger partial charge < -0.3 is 10.6 Å². The van der Waals surface area contributed by atoms with Crippen molar-refractivity contribution in [2.24, 2.45) is 0 Å². The van der Waals surface area contributed by atoms with Gasteiger partial charge in [-0.05, 0) is 36.2 Å². The predicted octanol–water partition coefficient (Wildman–Crippen LogP) is 3.43. The molecule has 0 saturated carbocycles. The van der Waals surface area contributed by atoms with Crippen LogP contribution in [0.1, 0.15) is 21.5 Å². The Bertz CT molecular complexity index is 757. The summed E-state index contributed by atoms with van der Waals surface area (Å²) >= 11 is 0. The highest BCUT2D eigenvalue weighted by Crippen LogP contribution is 2.19. The first-order valence-electron chi connectivity index (χ1n) is 7.08. The van der Waals surface area contributed by atoms with E-state index >= 15 is 0 Å². The average Bonchev–Trinajstić information content (AvgIpc) is 2.52. The van der Waals surface area contributed by atoms with Gasteiger partial charge in [0.05, 0.1) is 0 Å². The maximum absolute atomic E-state index is 12.2. The number of carbonyl (C=O) groups excluding carboxylic acids is 2. The Kier molecular flexibility index (Phi) is 5.23. The molecule has 0 spiro atoms. The SMILES string of the molecule is Cc1ccccc1C(=O)NCc1cccc(NC(=O)C(F)(F)F)c1. The fourth-order valence-corrected chi connectivity index (χ4v) is 2.07. The largest absolute Gasteiger partial charge is 0.471 e. The number of alkyl halides is 3. The van der Waals surface area contributed by atoms with Crippen LogP contribution in [0.3, 0.4) is 0 Å². The fourth-order valence-electron chi connectivity index (χ4n) is 2.07. The number of nitrogens with one attached hydrogen (secondary N) is 2. The van der Waals surface area contributed by atoms with E-state index in [1.807, 2.05) is 19.1 Å². The van der Waals surface area contributed by atoms with Gasteiger partial charge in [0, 0.05) is 17.8 Å². The first kappa shape index (κ1) is 17.5. The van der Waals surface area contributed by atoms with Gasteiger partial charge >= 0.3 is 12.1 Å². The first-order chi connectivity index (χ1) is 11.3. The lowest BCUT2D eigenvalue weighted by Gasteiger charge is -2.10. The number of rotatable bonds is 4. The lowest BCUT2D eigenvalue weighted by molar-refractivity contribution is -0.167. The number of hydrogen-bond acceptors (Lipinski definition) is 2. The van der Waals surface area contributed by atoms with Crippen LogP contribution >= 0.6 is 0 Å². The Balaban J connectivity index is 2.01. The van der Waals surface area contributed by atoms with Gasteiger partial charge in [0.1, 0.15) is 0 Å². The van der Waals surface area contributed by atoms with Crippen molar-refractivity contribution in [2.45, 2.75) is 19.6 Å². The molecule has 7 heteroatoms. The molecule has 0 aliphatic rings. The van der Waals surface area contributed by atoms with Crippen LogP contribution in [0.4, 0.5) is 18.9 Å². The van der Waals surface area contributed by atoms with Crippen molar-refractivity contribution < 1.29 is 22.8 Å². The third kappa shape index (κ3) is 4.58. The molecule has 0 radical (unpaired) electrons. The van der Waals surface area contributed by atoms with Crippen LogP contribution < -0.4 is 10.6 Å². The lowest BCUT2D eigenvalue weighted by Crippen LogP contribution is -2.30. The van der Waals surface area contributed by atoms with E-state index < -0.39 is 12.1 Å². The van der Waals surface area contributed by atoms with Gasteiger partial charge in [-0.1, -0.05) is 30.3 Å². The number of halogens is 3. The van der Waals surface area contributed by atoms with Crippen molar-refractivity contribution in [1.29, 1.82) is 0 Å². The van der Waals surface area contributed by atoms with E-state index in [4.69, 9.17) is 0 Å². The molecule has 0 unspecified atom stereocenters. The van der Waals surface area contributed by atoms with Gasteiger partial charge in [-0.2, -0.15) is 13.2 Å². The zero-order valence-corrected chi connectivity index (χ0v) is 12.8. The molecule has 126 valence electrons. The summed E-state index contributed by atoms with van der Waals surface area (Å²) in [6, 6.07) is 12.9. The minimum atomic E-state index is -4.95. The number of amides is 2. The van der Waals surface area contributed by atoms with Crippen LogP contribution in [0.15, 0.2) is 48.5 Å². The summed E-state index contributed by atoms with van der Waals surface area (Å²) in [7, 11) is 0. The van der Waals surface area contributed by atoms with Crippen LogP contribution in [-0.2, 0) is 11.3 Å². The third-order valence-electron chi connectivity index (χ3n) is 3.29. The van der Waals surface area contributed by atoms with E-state index in [0.717, 1.165) is 5.56 Å². The van der Waals surface area contributed by atoms with Gasteiger partial charge in [-0.15, -0.1) is 0 Å². The summed E-state index contributed by atoms with van der Waals surface area (Å²) in [6.07, 6.45) is -4.95. The fraction of sp³-hybridized carbons (Fsp3) is 0.176. The molecule has 24 heavy (non-hydrogen) atoms. The highest BCUT2D eigenvalue weighted by atomic mass is 19.4. The molecule has 0 fully saturated rings. The van der Waals surface area contributed by atoms with Gasteiger partial charge in [-0.25, -0.2) is 0 Å². The van der Waals surface area contributed by atoms with Crippen LogP contribution in [-0.4, -0.2) is 18.0 Å². The van der Waals surface area contributed by atoms with E-state index in [0.29, 0.717) is 11.1 Å². The van der Waals surface area contributed by atoms with E-state index in [-0.39, 0.29) is 18.1 Å². The summed E-state index contributed by atoms with van der Waals surface area (Å²) in [6.45, 7) is 1.94. The molecule has 0 atom stereocenters. The van der Waals surface area contributed by atoms with Crippen molar-refractivity contribution in [1.82, 2.24) is 5.32 Å². The average molecular weight is 336 g/mol. The highest BCUT2D eigenvalue weighted by molar-refractivity contribution is 5.96. The van der Waals surface area contributed by atoms with Gasteiger partial charge in [0.15, 0.2) is 0 Å². The van der Waals surface area contributed by atoms with Gasteiger partial charge in [-0.3, -0.25) is 9.59 Å². The molecule has 2 N–H and O–H groups in total. The van der Waals surface area contributed by atoms with Crippen LogP contribution in [0.2, 0.25) is 0 Å². The summed E-state index contributed by atoms with van der Waals surface area (Å²) in [5.74, 6) is -2.32. The lowest BCUT2D eigenvalue weighted by atomic mass is 10.1. The maximum Gasteiger partial charge on any atom is 0.471 e. The molecule has 0 heterocycles. The molecule has 0 aliphatic heterocycles. The van der Waals surface area contributed by atoms with Crippen LogP contribution in [0.5, 0.6) is 0 Å². The summed E-state index contributed by atoms with van der Waals surface area (Å²) < 4.78 is 36.7. The molecule has 0 aromatic heterocycles. The Labute approximate surface area is 136 Å². The second-order valence-electron chi connectivity index (χ2n) is 5.15. The molecule has 4 nitrogen and oxygen atoms in total. The maximum atomic E-state index is 12.2. The molecule has 2 rings (SSSR count). The van der Waals surface area contributed by atoms with E-state index in [9.17, 15) is 22.8 Å². The molecule has 0 saturated heterocycles. The van der Waals surface area contributed by atoms with Crippen molar-refractivity contribution >= 4 is 17.5 Å². The molecular weight excluding hydrogens is 321 g/mol. The minimum absolute atomic E-state index is 0.0139. The normalized spacial score (nSPS) is 11.0. The number of benzene rings is 2. The first-order valence-corrected chi connectivity index (χ1v) is 7.08. The molecule has 2 aromatic carbocycles. The minimum Gasteiger partial charge on any atom is -0.348 e. The quantitative estimate of drug-likeness (QED) is 0.899. The summed E-state index contributed by atoms with van der Waals surface area (Å²) in [5.41, 5.74) is 1.93. The standard InChI is InChI=1S/C17H15F3N2O2/c1-11-5-2-3-8-14(11)15(23)21-10-12-6-4-7-13(9-12)22-16(24)17(18,19)20/h2-9H,10H2,1H3,(H,21,23)(H,22,24).